The Balaban J connectivity index is 1.47. The molecular weight excluding hydrogens is 394 g/mol. The van der Waals surface area contributed by atoms with Crippen molar-refractivity contribution in [1.29, 1.82) is 0 Å². The molecule has 0 bridgehead atoms. The third-order valence-electron chi connectivity index (χ3n) is 5.15. The number of para-hydroxylation sites is 2. The van der Waals surface area contributed by atoms with E-state index in [9.17, 15) is 9.59 Å². The number of anilines is 2. The van der Waals surface area contributed by atoms with Gasteiger partial charge in [0.1, 0.15) is 17.1 Å². The first-order valence-electron chi connectivity index (χ1n) is 10.5. The van der Waals surface area contributed by atoms with Crippen molar-refractivity contribution < 1.29 is 19.1 Å². The average Bonchev–Trinajstić information content (AvgIpc) is 3.33. The SMILES string of the molecule is CCOC(=O)c1ccccc1NC(=O)COc1cccc2ccc(N3CCCC3)nc12. The largest absolute Gasteiger partial charge is 0.481 e. The van der Waals surface area contributed by atoms with E-state index in [0.717, 1.165) is 29.8 Å². The summed E-state index contributed by atoms with van der Waals surface area (Å²) in [6, 6.07) is 16.4. The first-order chi connectivity index (χ1) is 15.2. The van der Waals surface area contributed by atoms with Crippen molar-refractivity contribution in [3.63, 3.8) is 0 Å². The van der Waals surface area contributed by atoms with E-state index in [-0.39, 0.29) is 19.1 Å². The van der Waals surface area contributed by atoms with Gasteiger partial charge in [-0.25, -0.2) is 9.78 Å². The Kier molecular flexibility index (Phi) is 6.31. The van der Waals surface area contributed by atoms with E-state index in [2.05, 4.69) is 10.2 Å². The van der Waals surface area contributed by atoms with Crippen LogP contribution in [0.25, 0.3) is 10.9 Å². The molecule has 160 valence electrons. The standard InChI is InChI=1S/C24H25N3O4/c1-2-30-24(29)18-9-3-4-10-19(18)25-22(28)16-31-20-11-7-8-17-12-13-21(26-23(17)20)27-14-5-6-15-27/h3-4,7-13H,2,5-6,14-16H2,1H3,(H,25,28). The first-order valence-corrected chi connectivity index (χ1v) is 10.5. The lowest BCUT2D eigenvalue weighted by molar-refractivity contribution is -0.118. The number of carbonyl (C=O) groups excluding carboxylic acids is 2. The summed E-state index contributed by atoms with van der Waals surface area (Å²) in [6.07, 6.45) is 2.34. The van der Waals surface area contributed by atoms with Gasteiger partial charge in [0.25, 0.3) is 5.91 Å². The number of nitrogens with zero attached hydrogens (tertiary/aromatic N) is 2. The van der Waals surface area contributed by atoms with Crippen molar-refractivity contribution in [1.82, 2.24) is 4.98 Å². The summed E-state index contributed by atoms with van der Waals surface area (Å²) in [4.78, 5) is 31.7. The fourth-order valence-corrected chi connectivity index (χ4v) is 3.66. The molecule has 1 fully saturated rings. The zero-order chi connectivity index (χ0) is 21.6. The number of carbonyl (C=O) groups is 2. The molecule has 4 rings (SSSR count). The van der Waals surface area contributed by atoms with Crippen molar-refractivity contribution >= 4 is 34.3 Å². The van der Waals surface area contributed by atoms with Crippen LogP contribution in [0.5, 0.6) is 5.75 Å². The molecule has 31 heavy (non-hydrogen) atoms. The summed E-state index contributed by atoms with van der Waals surface area (Å²) in [6.45, 7) is 3.80. The van der Waals surface area contributed by atoms with Crippen LogP contribution < -0.4 is 15.0 Å². The van der Waals surface area contributed by atoms with Crippen LogP contribution in [0.2, 0.25) is 0 Å². The van der Waals surface area contributed by atoms with Crippen LogP contribution in [0, 0.1) is 0 Å². The third kappa shape index (κ3) is 4.77. The minimum absolute atomic E-state index is 0.202. The highest BCUT2D eigenvalue weighted by Crippen LogP contribution is 2.28. The van der Waals surface area contributed by atoms with Crippen molar-refractivity contribution in [3.05, 3.63) is 60.2 Å². The van der Waals surface area contributed by atoms with E-state index in [4.69, 9.17) is 14.5 Å². The Hall–Kier alpha value is -3.61. The molecule has 7 nitrogen and oxygen atoms in total. The summed E-state index contributed by atoms with van der Waals surface area (Å²) in [5.74, 6) is 0.623. The van der Waals surface area contributed by atoms with Crippen LogP contribution in [0.15, 0.2) is 54.6 Å². The third-order valence-corrected chi connectivity index (χ3v) is 5.15. The van der Waals surface area contributed by atoms with Crippen molar-refractivity contribution in [2.45, 2.75) is 19.8 Å². The monoisotopic (exact) mass is 419 g/mol. The Bertz CT molecular complexity index is 1090. The minimum atomic E-state index is -0.480. The number of ether oxygens (including phenoxy) is 2. The Morgan fingerprint density at radius 1 is 1.03 bits per heavy atom. The van der Waals surface area contributed by atoms with Gasteiger partial charge in [-0.05, 0) is 50.1 Å². The molecule has 1 aromatic heterocycles. The smallest absolute Gasteiger partial charge is 0.340 e. The second-order valence-corrected chi connectivity index (χ2v) is 7.29. The van der Waals surface area contributed by atoms with E-state index >= 15 is 0 Å². The van der Waals surface area contributed by atoms with Crippen LogP contribution in [-0.2, 0) is 9.53 Å². The van der Waals surface area contributed by atoms with Gasteiger partial charge < -0.3 is 19.7 Å². The molecule has 1 saturated heterocycles. The van der Waals surface area contributed by atoms with Crippen LogP contribution in [0.1, 0.15) is 30.1 Å². The lowest BCUT2D eigenvalue weighted by Gasteiger charge is -2.17. The fourth-order valence-electron chi connectivity index (χ4n) is 3.66. The van der Waals surface area contributed by atoms with Gasteiger partial charge in [0.05, 0.1) is 17.9 Å². The zero-order valence-electron chi connectivity index (χ0n) is 17.5. The van der Waals surface area contributed by atoms with Crippen LogP contribution in [0.4, 0.5) is 11.5 Å². The Morgan fingerprint density at radius 3 is 2.65 bits per heavy atom. The summed E-state index contributed by atoms with van der Waals surface area (Å²) >= 11 is 0. The summed E-state index contributed by atoms with van der Waals surface area (Å²) in [5, 5.41) is 3.68. The molecule has 2 aromatic carbocycles. The molecule has 1 amide bonds. The number of rotatable bonds is 7. The molecule has 0 aliphatic carbocycles. The van der Waals surface area contributed by atoms with E-state index < -0.39 is 5.97 Å². The number of aromatic nitrogens is 1. The Morgan fingerprint density at radius 2 is 1.84 bits per heavy atom. The number of amides is 1. The van der Waals surface area contributed by atoms with Gasteiger partial charge in [0.2, 0.25) is 0 Å². The number of benzene rings is 2. The normalized spacial score (nSPS) is 13.3. The maximum atomic E-state index is 12.5. The van der Waals surface area contributed by atoms with Gasteiger partial charge in [-0.2, -0.15) is 0 Å². The zero-order valence-corrected chi connectivity index (χ0v) is 17.5. The molecule has 0 unspecified atom stereocenters. The van der Waals surface area contributed by atoms with Crippen molar-refractivity contribution in [2.75, 3.05) is 36.5 Å². The van der Waals surface area contributed by atoms with Crippen molar-refractivity contribution in [3.8, 4) is 5.75 Å². The topological polar surface area (TPSA) is 80.8 Å². The number of hydrogen-bond donors (Lipinski definition) is 1. The number of pyridine rings is 1. The molecule has 1 aliphatic rings. The second-order valence-electron chi connectivity index (χ2n) is 7.29. The summed E-state index contributed by atoms with van der Waals surface area (Å²) < 4.78 is 10.9. The van der Waals surface area contributed by atoms with E-state index in [1.54, 1.807) is 31.2 Å². The highest BCUT2D eigenvalue weighted by Gasteiger charge is 2.16. The van der Waals surface area contributed by atoms with E-state index in [0.29, 0.717) is 17.0 Å². The number of fused-ring (bicyclic) bond motifs is 1. The van der Waals surface area contributed by atoms with Gasteiger partial charge in [-0.15, -0.1) is 0 Å². The lowest BCUT2D eigenvalue weighted by Crippen LogP contribution is -2.22. The van der Waals surface area contributed by atoms with Gasteiger partial charge in [-0.1, -0.05) is 24.3 Å². The van der Waals surface area contributed by atoms with Gasteiger partial charge >= 0.3 is 5.97 Å². The Labute approximate surface area is 181 Å². The predicted molar refractivity (Wildman–Crippen MR) is 120 cm³/mol. The predicted octanol–water partition coefficient (Wildman–Crippen LogP) is 4.03. The molecule has 1 aliphatic heterocycles. The first kappa shape index (κ1) is 20.7. The van der Waals surface area contributed by atoms with Crippen LogP contribution >= 0.6 is 0 Å². The molecule has 0 atom stereocenters. The van der Waals surface area contributed by atoms with E-state index in [1.807, 2.05) is 30.3 Å². The number of esters is 1. The average molecular weight is 419 g/mol. The van der Waals surface area contributed by atoms with E-state index in [1.165, 1.54) is 12.8 Å². The van der Waals surface area contributed by atoms with Crippen LogP contribution in [0.3, 0.4) is 0 Å². The molecule has 3 aromatic rings. The molecule has 7 heteroatoms. The second kappa shape index (κ2) is 9.47. The maximum absolute atomic E-state index is 12.5. The lowest BCUT2D eigenvalue weighted by atomic mass is 10.2. The summed E-state index contributed by atoms with van der Waals surface area (Å²) in [5.41, 5.74) is 1.42. The number of nitrogens with one attached hydrogen (secondary N) is 1. The maximum Gasteiger partial charge on any atom is 0.340 e. The van der Waals surface area contributed by atoms with Crippen molar-refractivity contribution in [2.24, 2.45) is 0 Å². The van der Waals surface area contributed by atoms with Gasteiger partial charge in [0.15, 0.2) is 6.61 Å². The summed E-state index contributed by atoms with van der Waals surface area (Å²) in [7, 11) is 0. The quantitative estimate of drug-likeness (QED) is 0.583. The molecule has 0 radical (unpaired) electrons. The molecule has 2 heterocycles. The van der Waals surface area contributed by atoms with Crippen LogP contribution in [-0.4, -0.2) is 43.2 Å². The molecule has 0 spiro atoms. The molecule has 1 N–H and O–H groups in total. The highest BCUT2D eigenvalue weighted by atomic mass is 16.5. The molecular formula is C24H25N3O4. The number of hydrogen-bond acceptors (Lipinski definition) is 6. The van der Waals surface area contributed by atoms with Gasteiger partial charge in [0, 0.05) is 18.5 Å². The fraction of sp³-hybridized carbons (Fsp3) is 0.292. The molecule has 0 saturated carbocycles. The highest BCUT2D eigenvalue weighted by molar-refractivity contribution is 6.01. The van der Waals surface area contributed by atoms with Gasteiger partial charge in [-0.3, -0.25) is 4.79 Å². The minimum Gasteiger partial charge on any atom is -0.481 e.